The molecule has 3 aromatic heterocycles. The van der Waals surface area contributed by atoms with E-state index >= 15 is 0 Å². The minimum absolute atomic E-state index is 0.190. The molecule has 136 valence electrons. The maximum absolute atomic E-state index is 12.4. The molecule has 4 rings (SSSR count). The van der Waals surface area contributed by atoms with Gasteiger partial charge in [-0.2, -0.15) is 10.1 Å². The highest BCUT2D eigenvalue weighted by Crippen LogP contribution is 2.28. The number of para-hydroxylation sites is 1. The summed E-state index contributed by atoms with van der Waals surface area (Å²) in [5, 5.41) is 13.3. The molecule has 0 fully saturated rings. The predicted octanol–water partition coefficient (Wildman–Crippen LogP) is 3.60. The van der Waals surface area contributed by atoms with Crippen LogP contribution in [0.1, 0.15) is 12.3 Å². The van der Waals surface area contributed by atoms with Crippen LogP contribution in [-0.2, 0) is 11.2 Å². The van der Waals surface area contributed by atoms with Crippen molar-refractivity contribution in [1.82, 2.24) is 24.9 Å². The maximum atomic E-state index is 12.4. The van der Waals surface area contributed by atoms with Gasteiger partial charge in [-0.1, -0.05) is 28.9 Å². The molecule has 3 heterocycles. The Kier molecular flexibility index (Phi) is 4.95. The lowest BCUT2D eigenvalue weighted by Gasteiger charge is -2.12. The zero-order valence-corrected chi connectivity index (χ0v) is 15.4. The molecule has 4 aromatic rings. The summed E-state index contributed by atoms with van der Waals surface area (Å²) < 4.78 is 6.72. The van der Waals surface area contributed by atoms with Crippen LogP contribution in [-0.4, -0.2) is 30.8 Å². The van der Waals surface area contributed by atoms with E-state index in [1.807, 2.05) is 17.5 Å². The summed E-state index contributed by atoms with van der Waals surface area (Å²) in [6.45, 7) is 0. The fourth-order valence-electron chi connectivity index (χ4n) is 2.47. The van der Waals surface area contributed by atoms with Gasteiger partial charge in [-0.3, -0.25) is 4.79 Å². The topological polar surface area (TPSA) is 98.7 Å². The normalized spacial score (nSPS) is 10.9. The van der Waals surface area contributed by atoms with E-state index in [4.69, 9.17) is 16.1 Å². The lowest BCUT2D eigenvalue weighted by atomic mass is 10.2. The van der Waals surface area contributed by atoms with Crippen molar-refractivity contribution in [3.8, 4) is 16.4 Å². The number of amides is 1. The van der Waals surface area contributed by atoms with Crippen molar-refractivity contribution in [3.63, 3.8) is 0 Å². The zero-order valence-electron chi connectivity index (χ0n) is 13.9. The second kappa shape index (κ2) is 7.68. The van der Waals surface area contributed by atoms with Crippen LogP contribution in [0.4, 0.5) is 5.69 Å². The van der Waals surface area contributed by atoms with E-state index in [0.717, 1.165) is 4.88 Å². The van der Waals surface area contributed by atoms with Gasteiger partial charge in [0, 0.05) is 12.8 Å². The van der Waals surface area contributed by atoms with E-state index in [2.05, 4.69) is 25.5 Å². The molecule has 27 heavy (non-hydrogen) atoms. The molecule has 0 aliphatic heterocycles. The molecule has 10 heteroatoms. The second-order valence-corrected chi connectivity index (χ2v) is 6.87. The van der Waals surface area contributed by atoms with Crippen molar-refractivity contribution in [2.45, 2.75) is 12.8 Å². The number of anilines is 1. The maximum Gasteiger partial charge on any atom is 0.227 e. The van der Waals surface area contributed by atoms with Gasteiger partial charge in [0.1, 0.15) is 18.3 Å². The second-order valence-electron chi connectivity index (χ2n) is 5.51. The fraction of sp³-hybridized carbons (Fsp3) is 0.118. The first kappa shape index (κ1) is 17.4. The van der Waals surface area contributed by atoms with E-state index < -0.39 is 0 Å². The molecular formula is C17H13ClN6O2S. The number of hydrogen-bond acceptors (Lipinski definition) is 7. The van der Waals surface area contributed by atoms with Crippen LogP contribution in [0.2, 0.25) is 5.02 Å². The van der Waals surface area contributed by atoms with E-state index in [-0.39, 0.29) is 12.3 Å². The number of benzene rings is 1. The van der Waals surface area contributed by atoms with Gasteiger partial charge in [0.05, 0.1) is 15.6 Å². The number of nitrogens with zero attached hydrogens (tertiary/aromatic N) is 5. The van der Waals surface area contributed by atoms with Crippen molar-refractivity contribution in [3.05, 3.63) is 59.3 Å². The smallest absolute Gasteiger partial charge is 0.227 e. The highest BCUT2D eigenvalue weighted by molar-refractivity contribution is 7.13. The van der Waals surface area contributed by atoms with Crippen LogP contribution in [0.5, 0.6) is 0 Å². The number of rotatable bonds is 6. The Bertz CT molecular complexity index is 1050. The number of aryl methyl sites for hydroxylation is 1. The zero-order chi connectivity index (χ0) is 18.6. The molecular weight excluding hydrogens is 388 g/mol. The molecule has 0 saturated heterocycles. The molecule has 0 bridgehead atoms. The average Bonchev–Trinajstić information content (AvgIpc) is 3.41. The predicted molar refractivity (Wildman–Crippen MR) is 101 cm³/mol. The summed E-state index contributed by atoms with van der Waals surface area (Å²) in [7, 11) is 0. The molecule has 1 amide bonds. The Morgan fingerprint density at radius 2 is 2.22 bits per heavy atom. The lowest BCUT2D eigenvalue weighted by molar-refractivity contribution is -0.116. The molecule has 0 unspecified atom stereocenters. The average molecular weight is 401 g/mol. The standard InChI is InChI=1S/C17H13ClN6O2S/c18-11-3-1-4-12(16(11)24-10-19-9-20-24)21-14(25)6-7-15-22-17(23-26-15)13-5-2-8-27-13/h1-5,8-10H,6-7H2,(H,21,25). The summed E-state index contributed by atoms with van der Waals surface area (Å²) in [6, 6.07) is 9.06. The summed E-state index contributed by atoms with van der Waals surface area (Å²) in [5.74, 6) is 0.745. The van der Waals surface area contributed by atoms with Crippen LogP contribution in [0.15, 0.2) is 52.9 Å². The van der Waals surface area contributed by atoms with Crippen molar-refractivity contribution >= 4 is 34.5 Å². The summed E-state index contributed by atoms with van der Waals surface area (Å²) in [6.07, 6.45) is 3.44. The van der Waals surface area contributed by atoms with Gasteiger partial charge < -0.3 is 9.84 Å². The van der Waals surface area contributed by atoms with Crippen LogP contribution in [0, 0.1) is 0 Å². The third kappa shape index (κ3) is 3.88. The monoisotopic (exact) mass is 400 g/mol. The summed E-state index contributed by atoms with van der Waals surface area (Å²) >= 11 is 7.78. The molecule has 0 spiro atoms. The molecule has 0 saturated carbocycles. The van der Waals surface area contributed by atoms with Gasteiger partial charge in [-0.15, -0.1) is 11.3 Å². The van der Waals surface area contributed by atoms with Crippen molar-refractivity contribution in [2.75, 3.05) is 5.32 Å². The Morgan fingerprint density at radius 3 is 3.00 bits per heavy atom. The molecule has 0 radical (unpaired) electrons. The minimum atomic E-state index is -0.200. The van der Waals surface area contributed by atoms with E-state index in [1.165, 1.54) is 28.7 Å². The van der Waals surface area contributed by atoms with Crippen LogP contribution >= 0.6 is 22.9 Å². The minimum Gasteiger partial charge on any atom is -0.339 e. The molecule has 1 N–H and O–H groups in total. The Balaban J connectivity index is 1.43. The van der Waals surface area contributed by atoms with Gasteiger partial charge in [0.2, 0.25) is 17.6 Å². The van der Waals surface area contributed by atoms with Crippen LogP contribution < -0.4 is 5.32 Å². The number of thiophene rings is 1. The van der Waals surface area contributed by atoms with Crippen LogP contribution in [0.3, 0.4) is 0 Å². The van der Waals surface area contributed by atoms with Crippen molar-refractivity contribution < 1.29 is 9.32 Å². The number of carbonyl (C=O) groups excluding carboxylic acids is 1. The number of carbonyl (C=O) groups is 1. The largest absolute Gasteiger partial charge is 0.339 e. The highest BCUT2D eigenvalue weighted by atomic mass is 35.5. The summed E-state index contributed by atoms with van der Waals surface area (Å²) in [5.41, 5.74) is 1.10. The molecule has 1 aromatic carbocycles. The highest BCUT2D eigenvalue weighted by Gasteiger charge is 2.15. The first-order chi connectivity index (χ1) is 13.2. The van der Waals surface area contributed by atoms with Gasteiger partial charge in [-0.25, -0.2) is 9.67 Å². The van der Waals surface area contributed by atoms with Gasteiger partial charge in [0.25, 0.3) is 0 Å². The first-order valence-electron chi connectivity index (χ1n) is 8.00. The van der Waals surface area contributed by atoms with E-state index in [9.17, 15) is 4.79 Å². The molecule has 0 aliphatic rings. The number of aromatic nitrogens is 5. The van der Waals surface area contributed by atoms with E-state index in [1.54, 1.807) is 18.2 Å². The Morgan fingerprint density at radius 1 is 1.30 bits per heavy atom. The summed E-state index contributed by atoms with van der Waals surface area (Å²) in [4.78, 5) is 21.5. The van der Waals surface area contributed by atoms with Crippen LogP contribution in [0.25, 0.3) is 16.4 Å². The fourth-order valence-corrected chi connectivity index (χ4v) is 3.38. The SMILES string of the molecule is O=C(CCc1nc(-c2cccs2)no1)Nc1cccc(Cl)c1-n1cncn1. The molecule has 0 atom stereocenters. The number of halogens is 1. The van der Waals surface area contributed by atoms with Gasteiger partial charge in [0.15, 0.2) is 0 Å². The van der Waals surface area contributed by atoms with Gasteiger partial charge in [-0.05, 0) is 23.6 Å². The van der Waals surface area contributed by atoms with E-state index in [0.29, 0.717) is 34.5 Å². The van der Waals surface area contributed by atoms with Crippen molar-refractivity contribution in [1.29, 1.82) is 0 Å². The van der Waals surface area contributed by atoms with Crippen molar-refractivity contribution in [2.24, 2.45) is 0 Å². The number of hydrogen-bond donors (Lipinski definition) is 1. The Hall–Kier alpha value is -3.04. The Labute approximate surface area is 162 Å². The third-order valence-electron chi connectivity index (χ3n) is 3.68. The van der Waals surface area contributed by atoms with Gasteiger partial charge >= 0.3 is 0 Å². The quantitative estimate of drug-likeness (QED) is 0.531. The lowest BCUT2D eigenvalue weighted by Crippen LogP contribution is -2.14. The first-order valence-corrected chi connectivity index (χ1v) is 9.26. The molecule has 0 aliphatic carbocycles. The number of nitrogens with one attached hydrogen (secondary N) is 1. The third-order valence-corrected chi connectivity index (χ3v) is 4.86. The molecule has 8 nitrogen and oxygen atoms in total.